The van der Waals surface area contributed by atoms with Crippen molar-refractivity contribution in [2.24, 2.45) is 0 Å². The molecule has 1 amide bonds. The SMILES string of the molecule is CCO[C@@H]1C[C@@H](NC(=O)CCc2c[nH]c3ccccc23)[C@@]12CCCO2. The Balaban J connectivity index is 1.35. The molecule has 134 valence electrons. The summed E-state index contributed by atoms with van der Waals surface area (Å²) in [6.07, 6.45) is 6.25. The number of para-hydroxylation sites is 1. The van der Waals surface area contributed by atoms with Crippen molar-refractivity contribution in [1.29, 1.82) is 0 Å². The third-order valence-corrected chi connectivity index (χ3v) is 5.67. The number of aromatic amines is 1. The first-order valence-electron chi connectivity index (χ1n) is 9.33. The van der Waals surface area contributed by atoms with Crippen molar-refractivity contribution in [3.8, 4) is 0 Å². The van der Waals surface area contributed by atoms with Crippen molar-refractivity contribution in [3.63, 3.8) is 0 Å². The Morgan fingerprint density at radius 3 is 3.12 bits per heavy atom. The molecule has 0 unspecified atom stereocenters. The lowest BCUT2D eigenvalue weighted by Crippen LogP contribution is -2.69. The Labute approximate surface area is 148 Å². The lowest BCUT2D eigenvalue weighted by molar-refractivity contribution is -0.198. The van der Waals surface area contributed by atoms with E-state index < -0.39 is 0 Å². The van der Waals surface area contributed by atoms with Crippen molar-refractivity contribution >= 4 is 16.8 Å². The standard InChI is InChI=1S/C20H26N2O3/c1-2-24-18-12-17(20(18)10-5-11-25-20)22-19(23)9-8-14-13-21-16-7-4-3-6-15(14)16/h3-4,6-7,13,17-18,21H,2,5,8-12H2,1H3,(H,22,23)/t17-,18-,20+/m1/s1. The number of rotatable bonds is 6. The molecule has 1 aromatic heterocycles. The first kappa shape index (κ1) is 16.6. The van der Waals surface area contributed by atoms with Gasteiger partial charge in [-0.3, -0.25) is 4.79 Å². The topological polar surface area (TPSA) is 63.3 Å². The van der Waals surface area contributed by atoms with Crippen LogP contribution in [0.5, 0.6) is 0 Å². The molecule has 5 heteroatoms. The Bertz CT molecular complexity index is 748. The summed E-state index contributed by atoms with van der Waals surface area (Å²) >= 11 is 0. The first-order chi connectivity index (χ1) is 12.2. The summed E-state index contributed by atoms with van der Waals surface area (Å²) in [7, 11) is 0. The van der Waals surface area contributed by atoms with E-state index in [4.69, 9.17) is 9.47 Å². The predicted molar refractivity (Wildman–Crippen MR) is 96.5 cm³/mol. The number of fused-ring (bicyclic) bond motifs is 1. The highest BCUT2D eigenvalue weighted by molar-refractivity contribution is 5.84. The van der Waals surface area contributed by atoms with Gasteiger partial charge in [-0.15, -0.1) is 0 Å². The molecule has 2 aromatic rings. The van der Waals surface area contributed by atoms with Crippen molar-refractivity contribution in [2.75, 3.05) is 13.2 Å². The van der Waals surface area contributed by atoms with Gasteiger partial charge in [0, 0.05) is 36.7 Å². The molecule has 25 heavy (non-hydrogen) atoms. The van der Waals surface area contributed by atoms with Gasteiger partial charge in [0.15, 0.2) is 0 Å². The second-order valence-electron chi connectivity index (χ2n) is 7.07. The molecule has 2 aliphatic rings. The minimum Gasteiger partial charge on any atom is -0.375 e. The van der Waals surface area contributed by atoms with Crippen LogP contribution in [0.4, 0.5) is 0 Å². The molecule has 3 atom stereocenters. The van der Waals surface area contributed by atoms with Gasteiger partial charge in [0.25, 0.3) is 0 Å². The van der Waals surface area contributed by atoms with Crippen LogP contribution in [-0.2, 0) is 20.7 Å². The molecule has 1 aliphatic carbocycles. The maximum Gasteiger partial charge on any atom is 0.220 e. The fraction of sp³-hybridized carbons (Fsp3) is 0.550. The van der Waals surface area contributed by atoms with Crippen molar-refractivity contribution < 1.29 is 14.3 Å². The predicted octanol–water partition coefficient (Wildman–Crippen LogP) is 2.94. The molecular formula is C20H26N2O3. The number of amides is 1. The molecule has 1 aliphatic heterocycles. The van der Waals surface area contributed by atoms with Gasteiger partial charge < -0.3 is 19.8 Å². The number of ether oxygens (including phenoxy) is 2. The minimum absolute atomic E-state index is 0.0852. The number of nitrogens with one attached hydrogen (secondary N) is 2. The van der Waals surface area contributed by atoms with Gasteiger partial charge in [0.2, 0.25) is 5.91 Å². The number of carbonyl (C=O) groups is 1. The number of hydrogen-bond acceptors (Lipinski definition) is 3. The van der Waals surface area contributed by atoms with Gasteiger partial charge in [0.05, 0.1) is 12.1 Å². The monoisotopic (exact) mass is 342 g/mol. The quantitative estimate of drug-likeness (QED) is 0.848. The second-order valence-corrected chi connectivity index (χ2v) is 7.07. The molecular weight excluding hydrogens is 316 g/mol. The van der Waals surface area contributed by atoms with Crippen LogP contribution in [0.15, 0.2) is 30.5 Å². The Hall–Kier alpha value is -1.85. The average Bonchev–Trinajstić information content (AvgIpc) is 3.28. The Kier molecular flexibility index (Phi) is 4.52. The number of hydrogen-bond donors (Lipinski definition) is 2. The second kappa shape index (κ2) is 6.81. The molecule has 2 heterocycles. The minimum atomic E-state index is -0.285. The molecule has 1 aromatic carbocycles. The first-order valence-corrected chi connectivity index (χ1v) is 9.33. The third kappa shape index (κ3) is 2.96. The smallest absolute Gasteiger partial charge is 0.220 e. The van der Waals surface area contributed by atoms with Crippen LogP contribution < -0.4 is 5.32 Å². The highest BCUT2D eigenvalue weighted by atomic mass is 16.6. The van der Waals surface area contributed by atoms with Crippen molar-refractivity contribution in [2.45, 2.75) is 56.8 Å². The number of aryl methyl sites for hydroxylation is 1. The zero-order chi connectivity index (χ0) is 17.3. The molecule has 0 bridgehead atoms. The molecule has 1 saturated carbocycles. The maximum atomic E-state index is 12.5. The molecule has 4 rings (SSSR count). The van der Waals surface area contributed by atoms with Crippen molar-refractivity contribution in [3.05, 3.63) is 36.0 Å². The van der Waals surface area contributed by atoms with Crippen LogP contribution in [0.25, 0.3) is 10.9 Å². The maximum absolute atomic E-state index is 12.5. The van der Waals surface area contributed by atoms with Gasteiger partial charge in [-0.1, -0.05) is 18.2 Å². The third-order valence-electron chi connectivity index (χ3n) is 5.67. The number of aromatic nitrogens is 1. The molecule has 2 fully saturated rings. The van der Waals surface area contributed by atoms with E-state index in [0.717, 1.165) is 37.8 Å². The van der Waals surface area contributed by atoms with E-state index in [-0.39, 0.29) is 23.7 Å². The van der Waals surface area contributed by atoms with E-state index in [9.17, 15) is 4.79 Å². The number of H-pyrrole nitrogens is 1. The van der Waals surface area contributed by atoms with E-state index in [1.165, 1.54) is 10.9 Å². The summed E-state index contributed by atoms with van der Waals surface area (Å²) in [5.41, 5.74) is 2.03. The average molecular weight is 342 g/mol. The summed E-state index contributed by atoms with van der Waals surface area (Å²) in [6, 6.07) is 8.29. The Morgan fingerprint density at radius 1 is 1.44 bits per heavy atom. The van der Waals surface area contributed by atoms with Gasteiger partial charge in [-0.05, 0) is 44.2 Å². The summed E-state index contributed by atoms with van der Waals surface area (Å²) in [5, 5.41) is 4.39. The van der Waals surface area contributed by atoms with Crippen LogP contribution >= 0.6 is 0 Å². The number of benzene rings is 1. The van der Waals surface area contributed by atoms with E-state index in [2.05, 4.69) is 22.4 Å². The zero-order valence-electron chi connectivity index (χ0n) is 14.7. The molecule has 2 N–H and O–H groups in total. The van der Waals surface area contributed by atoms with E-state index in [0.29, 0.717) is 13.0 Å². The van der Waals surface area contributed by atoms with Gasteiger partial charge in [-0.2, -0.15) is 0 Å². The fourth-order valence-electron chi connectivity index (χ4n) is 4.33. The largest absolute Gasteiger partial charge is 0.375 e. The van der Waals surface area contributed by atoms with Gasteiger partial charge >= 0.3 is 0 Å². The van der Waals surface area contributed by atoms with Crippen LogP contribution in [0, 0.1) is 0 Å². The van der Waals surface area contributed by atoms with Gasteiger partial charge in [-0.25, -0.2) is 0 Å². The highest BCUT2D eigenvalue weighted by Gasteiger charge is 2.59. The van der Waals surface area contributed by atoms with E-state index >= 15 is 0 Å². The van der Waals surface area contributed by atoms with Crippen LogP contribution in [0.2, 0.25) is 0 Å². The molecule has 0 radical (unpaired) electrons. The molecule has 1 spiro atoms. The Morgan fingerprint density at radius 2 is 2.32 bits per heavy atom. The van der Waals surface area contributed by atoms with Crippen LogP contribution in [0.1, 0.15) is 38.2 Å². The zero-order valence-corrected chi connectivity index (χ0v) is 14.7. The molecule has 1 saturated heterocycles. The lowest BCUT2D eigenvalue weighted by Gasteiger charge is -2.52. The van der Waals surface area contributed by atoms with E-state index in [1.54, 1.807) is 0 Å². The lowest BCUT2D eigenvalue weighted by atomic mass is 9.70. The fourth-order valence-corrected chi connectivity index (χ4v) is 4.33. The molecule has 5 nitrogen and oxygen atoms in total. The normalized spacial score (nSPS) is 28.4. The summed E-state index contributed by atoms with van der Waals surface area (Å²) in [4.78, 5) is 15.7. The van der Waals surface area contributed by atoms with Crippen molar-refractivity contribution in [1.82, 2.24) is 10.3 Å². The summed E-state index contributed by atoms with van der Waals surface area (Å²) in [6.45, 7) is 3.47. The van der Waals surface area contributed by atoms with Crippen LogP contribution in [0.3, 0.4) is 0 Å². The summed E-state index contributed by atoms with van der Waals surface area (Å²) in [5.74, 6) is 0.0973. The van der Waals surface area contributed by atoms with E-state index in [1.807, 2.05) is 25.3 Å². The summed E-state index contributed by atoms with van der Waals surface area (Å²) < 4.78 is 11.8. The number of carbonyl (C=O) groups excluding carboxylic acids is 1. The van der Waals surface area contributed by atoms with Gasteiger partial charge in [0.1, 0.15) is 5.60 Å². The highest BCUT2D eigenvalue weighted by Crippen LogP contribution is 2.45. The van der Waals surface area contributed by atoms with Crippen LogP contribution in [-0.4, -0.2) is 41.9 Å².